The Morgan fingerprint density at radius 2 is 1.91 bits per heavy atom. The topological polar surface area (TPSA) is 52.9 Å². The zero-order chi connectivity index (χ0) is 15.7. The first-order valence-corrected chi connectivity index (χ1v) is 8.66. The highest BCUT2D eigenvalue weighted by molar-refractivity contribution is 9.10. The Kier molecular flexibility index (Phi) is 4.37. The molecule has 2 aliphatic rings. The maximum absolute atomic E-state index is 12.8. The monoisotopic (exact) mass is 364 g/mol. The third kappa shape index (κ3) is 2.84. The average Bonchev–Trinajstić information content (AvgIpc) is 2.84. The maximum atomic E-state index is 12.8. The molecule has 1 amide bonds. The van der Waals surface area contributed by atoms with Crippen LogP contribution in [0.5, 0.6) is 0 Å². The standard InChI is InChI=1S/C17H21BrN2O2/c1-12-11-17(22,14-5-3-2-4-6-14)20(19-12)16(21)13-7-9-15(18)10-8-13/h7-10,14,22H,2-6,11H2,1H3. The van der Waals surface area contributed by atoms with Crippen molar-refractivity contribution in [1.29, 1.82) is 0 Å². The van der Waals surface area contributed by atoms with Gasteiger partial charge in [-0.05, 0) is 44.0 Å². The molecule has 1 unspecified atom stereocenters. The van der Waals surface area contributed by atoms with Crippen molar-refractivity contribution in [3.05, 3.63) is 34.3 Å². The number of rotatable bonds is 2. The number of nitrogens with zero attached hydrogens (tertiary/aromatic N) is 2. The Labute approximate surface area is 139 Å². The zero-order valence-corrected chi connectivity index (χ0v) is 14.3. The number of carbonyl (C=O) groups excluding carboxylic acids is 1. The number of halogens is 1. The summed E-state index contributed by atoms with van der Waals surface area (Å²) in [5.74, 6) is -0.112. The van der Waals surface area contributed by atoms with Gasteiger partial charge in [0.1, 0.15) is 0 Å². The van der Waals surface area contributed by atoms with Gasteiger partial charge >= 0.3 is 0 Å². The van der Waals surface area contributed by atoms with Crippen LogP contribution in [-0.4, -0.2) is 27.5 Å². The Morgan fingerprint density at radius 1 is 1.27 bits per heavy atom. The van der Waals surface area contributed by atoms with E-state index < -0.39 is 5.72 Å². The SMILES string of the molecule is CC1=NN(C(=O)c2ccc(Br)cc2)C(O)(C2CCCCC2)C1. The Morgan fingerprint density at radius 3 is 2.55 bits per heavy atom. The predicted molar refractivity (Wildman–Crippen MR) is 89.6 cm³/mol. The fourth-order valence-corrected chi connectivity index (χ4v) is 3.83. The third-order valence-corrected chi connectivity index (χ3v) is 5.22. The number of hydrogen-bond donors (Lipinski definition) is 1. The van der Waals surface area contributed by atoms with E-state index in [9.17, 15) is 9.90 Å². The number of amides is 1. The van der Waals surface area contributed by atoms with E-state index in [1.807, 2.05) is 19.1 Å². The van der Waals surface area contributed by atoms with Crippen LogP contribution in [0.15, 0.2) is 33.8 Å². The summed E-state index contributed by atoms with van der Waals surface area (Å²) in [6.07, 6.45) is 5.83. The molecule has 5 heteroatoms. The van der Waals surface area contributed by atoms with Gasteiger partial charge in [-0.15, -0.1) is 0 Å². The van der Waals surface area contributed by atoms with Crippen LogP contribution in [0.25, 0.3) is 0 Å². The first kappa shape index (κ1) is 15.7. The van der Waals surface area contributed by atoms with Gasteiger partial charge in [-0.1, -0.05) is 35.2 Å². The normalized spacial score (nSPS) is 26.1. The summed E-state index contributed by atoms with van der Waals surface area (Å²) in [5.41, 5.74) is 0.212. The minimum Gasteiger partial charge on any atom is -0.368 e. The lowest BCUT2D eigenvalue weighted by Gasteiger charge is -2.40. The lowest BCUT2D eigenvalue weighted by atomic mass is 9.79. The summed E-state index contributed by atoms with van der Waals surface area (Å²) < 4.78 is 0.924. The van der Waals surface area contributed by atoms with E-state index in [-0.39, 0.29) is 11.8 Å². The van der Waals surface area contributed by atoms with E-state index in [0.717, 1.165) is 35.9 Å². The van der Waals surface area contributed by atoms with Gasteiger partial charge in [0, 0.05) is 28.1 Å². The molecule has 0 bridgehead atoms. The van der Waals surface area contributed by atoms with Crippen molar-refractivity contribution < 1.29 is 9.90 Å². The molecule has 1 aliphatic heterocycles. The minimum absolute atomic E-state index is 0.113. The second-order valence-electron chi connectivity index (χ2n) is 6.35. The summed E-state index contributed by atoms with van der Waals surface area (Å²) in [6.45, 7) is 1.88. The highest BCUT2D eigenvalue weighted by Crippen LogP contribution is 2.41. The molecule has 1 saturated carbocycles. The fraction of sp³-hybridized carbons (Fsp3) is 0.529. The van der Waals surface area contributed by atoms with Crippen molar-refractivity contribution in [3.8, 4) is 0 Å². The molecular formula is C17H21BrN2O2. The highest BCUT2D eigenvalue weighted by atomic mass is 79.9. The van der Waals surface area contributed by atoms with E-state index in [1.54, 1.807) is 12.1 Å². The van der Waals surface area contributed by atoms with Crippen LogP contribution in [0.2, 0.25) is 0 Å². The van der Waals surface area contributed by atoms with Gasteiger partial charge in [-0.25, -0.2) is 0 Å². The van der Waals surface area contributed by atoms with Gasteiger partial charge in [-0.2, -0.15) is 10.1 Å². The number of benzene rings is 1. The molecule has 1 aromatic carbocycles. The lowest BCUT2D eigenvalue weighted by molar-refractivity contribution is -0.122. The second kappa shape index (κ2) is 6.13. The second-order valence-corrected chi connectivity index (χ2v) is 7.27. The molecule has 0 radical (unpaired) electrons. The molecule has 0 aromatic heterocycles. The van der Waals surface area contributed by atoms with Crippen molar-refractivity contribution in [2.24, 2.45) is 11.0 Å². The molecule has 1 aliphatic carbocycles. The smallest absolute Gasteiger partial charge is 0.276 e. The van der Waals surface area contributed by atoms with Gasteiger partial charge < -0.3 is 5.11 Å². The Balaban J connectivity index is 1.88. The van der Waals surface area contributed by atoms with Crippen LogP contribution >= 0.6 is 15.9 Å². The number of hydrogen-bond acceptors (Lipinski definition) is 3. The Bertz CT molecular complexity index is 593. The van der Waals surface area contributed by atoms with E-state index in [4.69, 9.17) is 0 Å². The molecule has 1 aromatic rings. The molecule has 1 atom stereocenters. The molecule has 1 heterocycles. The van der Waals surface area contributed by atoms with Crippen LogP contribution in [0.4, 0.5) is 0 Å². The zero-order valence-electron chi connectivity index (χ0n) is 12.8. The van der Waals surface area contributed by atoms with E-state index in [0.29, 0.717) is 12.0 Å². The predicted octanol–water partition coefficient (Wildman–Crippen LogP) is 3.94. The number of aliphatic hydroxyl groups is 1. The van der Waals surface area contributed by atoms with Gasteiger partial charge in [-0.3, -0.25) is 4.79 Å². The summed E-state index contributed by atoms with van der Waals surface area (Å²) in [6, 6.07) is 7.19. The molecule has 22 heavy (non-hydrogen) atoms. The largest absolute Gasteiger partial charge is 0.368 e. The van der Waals surface area contributed by atoms with Crippen LogP contribution < -0.4 is 0 Å². The van der Waals surface area contributed by atoms with Crippen molar-refractivity contribution in [2.75, 3.05) is 0 Å². The molecule has 0 saturated heterocycles. The molecule has 1 fully saturated rings. The first-order chi connectivity index (χ1) is 10.5. The number of carbonyl (C=O) groups is 1. The van der Waals surface area contributed by atoms with E-state index >= 15 is 0 Å². The van der Waals surface area contributed by atoms with Crippen molar-refractivity contribution in [2.45, 2.75) is 51.2 Å². The van der Waals surface area contributed by atoms with Gasteiger partial charge in [0.25, 0.3) is 5.91 Å². The third-order valence-electron chi connectivity index (χ3n) is 4.70. The van der Waals surface area contributed by atoms with Crippen LogP contribution in [0.1, 0.15) is 55.8 Å². The van der Waals surface area contributed by atoms with Gasteiger partial charge in [0.2, 0.25) is 0 Å². The van der Waals surface area contributed by atoms with Crippen LogP contribution in [0, 0.1) is 5.92 Å². The maximum Gasteiger partial charge on any atom is 0.276 e. The summed E-state index contributed by atoms with van der Waals surface area (Å²) >= 11 is 3.37. The molecule has 1 N–H and O–H groups in total. The van der Waals surface area contributed by atoms with E-state index in [1.165, 1.54) is 11.4 Å². The van der Waals surface area contributed by atoms with Gasteiger partial charge in [0.15, 0.2) is 5.72 Å². The lowest BCUT2D eigenvalue weighted by Crippen LogP contribution is -2.52. The van der Waals surface area contributed by atoms with Gasteiger partial charge in [0.05, 0.1) is 0 Å². The molecule has 118 valence electrons. The molecular weight excluding hydrogens is 344 g/mol. The van der Waals surface area contributed by atoms with Crippen LogP contribution in [0.3, 0.4) is 0 Å². The average molecular weight is 365 g/mol. The molecule has 0 spiro atoms. The quantitative estimate of drug-likeness (QED) is 0.863. The van der Waals surface area contributed by atoms with Crippen LogP contribution in [-0.2, 0) is 0 Å². The molecule has 4 nitrogen and oxygen atoms in total. The first-order valence-electron chi connectivity index (χ1n) is 7.87. The fourth-order valence-electron chi connectivity index (χ4n) is 3.56. The van der Waals surface area contributed by atoms with Crippen molar-refractivity contribution in [1.82, 2.24) is 5.01 Å². The summed E-state index contributed by atoms with van der Waals surface area (Å²) in [5, 5.41) is 16.9. The summed E-state index contributed by atoms with van der Waals surface area (Å²) in [4.78, 5) is 12.8. The highest BCUT2D eigenvalue weighted by Gasteiger charge is 2.49. The summed E-state index contributed by atoms with van der Waals surface area (Å²) in [7, 11) is 0. The number of hydrazone groups is 1. The van der Waals surface area contributed by atoms with Crippen molar-refractivity contribution >= 4 is 27.5 Å². The molecule has 3 rings (SSSR count). The minimum atomic E-state index is -1.16. The van der Waals surface area contributed by atoms with E-state index in [2.05, 4.69) is 21.0 Å². The van der Waals surface area contributed by atoms with Crippen molar-refractivity contribution in [3.63, 3.8) is 0 Å². The Hall–Kier alpha value is -1.20.